The Kier molecular flexibility index (Phi) is 4.18. The van der Waals surface area contributed by atoms with Gasteiger partial charge in [-0.25, -0.2) is 0 Å². The van der Waals surface area contributed by atoms with E-state index in [0.29, 0.717) is 12.2 Å². The smallest absolute Gasteiger partial charge is 0.168 e. The molecule has 1 aromatic heterocycles. The van der Waals surface area contributed by atoms with Gasteiger partial charge < -0.3 is 9.32 Å². The molecule has 0 unspecified atom stereocenters. The van der Waals surface area contributed by atoms with Crippen LogP contribution in [-0.2, 0) is 0 Å². The topological polar surface area (TPSA) is 33.5 Å². The predicted octanol–water partition coefficient (Wildman–Crippen LogP) is 4.77. The van der Waals surface area contributed by atoms with Crippen molar-refractivity contribution in [3.05, 3.63) is 60.2 Å². The number of nitrogens with zero attached hydrogens (tertiary/aromatic N) is 1. The Morgan fingerprint density at radius 1 is 0.958 bits per heavy atom. The molecule has 0 amide bonds. The normalized spacial score (nSPS) is 15.2. The largest absolute Gasteiger partial charge is 0.455 e. The maximum atomic E-state index is 13.0. The fourth-order valence-electron chi connectivity index (χ4n) is 3.51. The lowest BCUT2D eigenvalue weighted by molar-refractivity contribution is 0.0970. The summed E-state index contributed by atoms with van der Waals surface area (Å²) in [7, 11) is 0. The monoisotopic (exact) mass is 319 g/mol. The number of para-hydroxylation sites is 1. The summed E-state index contributed by atoms with van der Waals surface area (Å²) in [5.74, 6) is 0.869. The number of benzene rings is 2. The van der Waals surface area contributed by atoms with Gasteiger partial charge in [-0.05, 0) is 32.0 Å². The van der Waals surface area contributed by atoms with E-state index in [0.717, 1.165) is 41.7 Å². The van der Waals surface area contributed by atoms with Crippen molar-refractivity contribution in [2.24, 2.45) is 0 Å². The van der Waals surface area contributed by atoms with Crippen molar-refractivity contribution >= 4 is 16.8 Å². The van der Waals surface area contributed by atoms with Crippen molar-refractivity contribution in [2.45, 2.75) is 19.3 Å². The van der Waals surface area contributed by atoms with Crippen molar-refractivity contribution in [2.75, 3.05) is 19.6 Å². The molecular formula is C21H21NO2. The molecule has 0 bridgehead atoms. The van der Waals surface area contributed by atoms with Crippen LogP contribution in [0.3, 0.4) is 0 Å². The van der Waals surface area contributed by atoms with Gasteiger partial charge in [0.05, 0.1) is 5.56 Å². The van der Waals surface area contributed by atoms with Crippen molar-refractivity contribution < 1.29 is 9.21 Å². The van der Waals surface area contributed by atoms with Crippen molar-refractivity contribution in [1.29, 1.82) is 0 Å². The number of fused-ring (bicyclic) bond motifs is 1. The number of rotatable bonds is 5. The number of furan rings is 1. The lowest BCUT2D eigenvalue weighted by Gasteiger charge is -2.13. The van der Waals surface area contributed by atoms with Gasteiger partial charge in [0, 0.05) is 23.9 Å². The number of hydrogen-bond acceptors (Lipinski definition) is 3. The van der Waals surface area contributed by atoms with Crippen molar-refractivity contribution in [1.82, 2.24) is 4.90 Å². The van der Waals surface area contributed by atoms with Crippen molar-refractivity contribution in [3.63, 3.8) is 0 Å². The van der Waals surface area contributed by atoms with Crippen LogP contribution in [0.2, 0.25) is 0 Å². The second-order valence-electron chi connectivity index (χ2n) is 6.39. The van der Waals surface area contributed by atoms with Crippen LogP contribution in [-0.4, -0.2) is 30.3 Å². The Labute approximate surface area is 141 Å². The number of carbonyl (C=O) groups excluding carboxylic acids is 1. The van der Waals surface area contributed by atoms with Crippen LogP contribution in [0.5, 0.6) is 0 Å². The highest BCUT2D eigenvalue weighted by Crippen LogP contribution is 2.34. The van der Waals surface area contributed by atoms with E-state index in [1.54, 1.807) is 0 Å². The molecule has 0 spiro atoms. The van der Waals surface area contributed by atoms with Crippen LogP contribution in [0.15, 0.2) is 59.0 Å². The highest BCUT2D eigenvalue weighted by atomic mass is 16.3. The molecule has 0 atom stereocenters. The van der Waals surface area contributed by atoms with Gasteiger partial charge in [0.25, 0.3) is 0 Å². The Hall–Kier alpha value is -2.39. The minimum Gasteiger partial charge on any atom is -0.455 e. The Morgan fingerprint density at radius 3 is 2.46 bits per heavy atom. The van der Waals surface area contributed by atoms with E-state index >= 15 is 0 Å². The summed E-state index contributed by atoms with van der Waals surface area (Å²) in [4.78, 5) is 15.4. The van der Waals surface area contributed by atoms with Gasteiger partial charge in [-0.2, -0.15) is 0 Å². The number of Topliss-reactive ketones (excluding diaryl/α,β-unsaturated/α-hetero) is 1. The minimum atomic E-state index is 0.172. The van der Waals surface area contributed by atoms with E-state index in [2.05, 4.69) is 4.90 Å². The first-order valence-electron chi connectivity index (χ1n) is 8.65. The molecule has 0 aliphatic carbocycles. The predicted molar refractivity (Wildman–Crippen MR) is 96.3 cm³/mol. The van der Waals surface area contributed by atoms with Crippen LogP contribution < -0.4 is 0 Å². The van der Waals surface area contributed by atoms with E-state index in [1.807, 2.05) is 54.6 Å². The quantitative estimate of drug-likeness (QED) is 0.635. The number of carbonyl (C=O) groups is 1. The van der Waals surface area contributed by atoms with Gasteiger partial charge in [0.15, 0.2) is 5.78 Å². The third-order valence-corrected chi connectivity index (χ3v) is 4.76. The molecule has 24 heavy (non-hydrogen) atoms. The molecule has 1 aliphatic rings. The molecule has 1 aliphatic heterocycles. The van der Waals surface area contributed by atoms with Gasteiger partial charge in [-0.1, -0.05) is 48.5 Å². The summed E-state index contributed by atoms with van der Waals surface area (Å²) < 4.78 is 6.04. The summed E-state index contributed by atoms with van der Waals surface area (Å²) in [6.07, 6.45) is 3.04. The highest BCUT2D eigenvalue weighted by Gasteiger charge is 2.22. The molecule has 4 rings (SSSR count). The average Bonchev–Trinajstić information content (AvgIpc) is 3.28. The molecule has 0 radical (unpaired) electrons. The standard InChI is InChI=1S/C21H21NO2/c23-18(12-15-22-13-6-7-14-22)20-17-10-4-5-11-19(17)24-21(20)16-8-2-1-3-9-16/h1-5,8-11H,6-7,12-15H2. The summed E-state index contributed by atoms with van der Waals surface area (Å²) in [6, 6.07) is 17.7. The second-order valence-corrected chi connectivity index (χ2v) is 6.39. The Morgan fingerprint density at radius 2 is 1.67 bits per heavy atom. The van der Waals surface area contributed by atoms with E-state index in [1.165, 1.54) is 12.8 Å². The maximum absolute atomic E-state index is 13.0. The summed E-state index contributed by atoms with van der Waals surface area (Å²) in [5, 5.41) is 0.919. The third kappa shape index (κ3) is 2.87. The lowest BCUT2D eigenvalue weighted by Crippen LogP contribution is -2.22. The molecule has 0 N–H and O–H groups in total. The molecule has 122 valence electrons. The first kappa shape index (κ1) is 15.2. The van der Waals surface area contributed by atoms with Crippen LogP contribution in [0, 0.1) is 0 Å². The van der Waals surface area contributed by atoms with E-state index in [-0.39, 0.29) is 5.78 Å². The molecule has 3 aromatic rings. The van der Waals surface area contributed by atoms with Gasteiger partial charge in [-0.15, -0.1) is 0 Å². The van der Waals surface area contributed by atoms with Crippen molar-refractivity contribution in [3.8, 4) is 11.3 Å². The fraction of sp³-hybridized carbons (Fsp3) is 0.286. The number of ketones is 1. The fourth-order valence-corrected chi connectivity index (χ4v) is 3.51. The Balaban J connectivity index is 1.70. The van der Waals surface area contributed by atoms with Crippen LogP contribution in [0.25, 0.3) is 22.3 Å². The van der Waals surface area contributed by atoms with Crippen LogP contribution in [0.4, 0.5) is 0 Å². The molecule has 2 heterocycles. The molecule has 3 heteroatoms. The zero-order valence-electron chi connectivity index (χ0n) is 13.7. The van der Waals surface area contributed by atoms with E-state index in [4.69, 9.17) is 4.42 Å². The number of likely N-dealkylation sites (tertiary alicyclic amines) is 1. The zero-order valence-corrected chi connectivity index (χ0v) is 13.7. The molecule has 2 aromatic carbocycles. The molecule has 1 saturated heterocycles. The van der Waals surface area contributed by atoms with Gasteiger partial charge in [0.2, 0.25) is 0 Å². The van der Waals surface area contributed by atoms with Crippen LogP contribution >= 0.6 is 0 Å². The number of hydrogen-bond donors (Lipinski definition) is 0. The summed E-state index contributed by atoms with van der Waals surface area (Å²) in [6.45, 7) is 3.07. The average molecular weight is 319 g/mol. The second kappa shape index (κ2) is 6.62. The highest BCUT2D eigenvalue weighted by molar-refractivity contribution is 6.12. The van der Waals surface area contributed by atoms with Gasteiger partial charge >= 0.3 is 0 Å². The third-order valence-electron chi connectivity index (χ3n) is 4.76. The first-order chi connectivity index (χ1) is 11.8. The van der Waals surface area contributed by atoms with Gasteiger partial charge in [-0.3, -0.25) is 4.79 Å². The van der Waals surface area contributed by atoms with E-state index in [9.17, 15) is 4.79 Å². The molecule has 3 nitrogen and oxygen atoms in total. The lowest BCUT2D eigenvalue weighted by atomic mass is 10.00. The molecule has 0 saturated carbocycles. The van der Waals surface area contributed by atoms with E-state index < -0.39 is 0 Å². The summed E-state index contributed by atoms with van der Waals surface area (Å²) in [5.41, 5.74) is 2.47. The first-order valence-corrected chi connectivity index (χ1v) is 8.65. The minimum absolute atomic E-state index is 0.172. The van der Waals surface area contributed by atoms with Crippen LogP contribution in [0.1, 0.15) is 29.6 Å². The zero-order chi connectivity index (χ0) is 16.4. The maximum Gasteiger partial charge on any atom is 0.168 e. The molecule has 1 fully saturated rings. The van der Waals surface area contributed by atoms with Gasteiger partial charge in [0.1, 0.15) is 11.3 Å². The summed E-state index contributed by atoms with van der Waals surface area (Å²) >= 11 is 0. The molecular weight excluding hydrogens is 298 g/mol. The Bertz CT molecular complexity index is 845. The SMILES string of the molecule is O=C(CCN1CCCC1)c1c(-c2ccccc2)oc2ccccc12.